The van der Waals surface area contributed by atoms with Gasteiger partial charge in [-0.3, -0.25) is 0 Å². The van der Waals surface area contributed by atoms with Crippen molar-refractivity contribution in [2.75, 3.05) is 0 Å². The lowest BCUT2D eigenvalue weighted by molar-refractivity contribution is 1.04. The summed E-state index contributed by atoms with van der Waals surface area (Å²) in [5, 5.41) is 8.66. The van der Waals surface area contributed by atoms with Gasteiger partial charge in [0.15, 0.2) is 5.65 Å². The van der Waals surface area contributed by atoms with E-state index >= 15 is 0 Å². The molecule has 0 unspecified atom stereocenters. The van der Waals surface area contributed by atoms with Gasteiger partial charge in [-0.05, 0) is 63.1 Å². The maximum atomic E-state index is 12.7. The number of nitrogens with zero attached hydrogens (tertiary/aromatic N) is 2. The van der Waals surface area contributed by atoms with Gasteiger partial charge in [0.25, 0.3) is 0 Å². The summed E-state index contributed by atoms with van der Waals surface area (Å²) in [5.74, 6) is 0. The molecule has 0 bridgehead atoms. The molecule has 0 aliphatic rings. The van der Waals surface area contributed by atoms with E-state index in [1.54, 1.807) is 27.1 Å². The number of hydrogen-bond donors (Lipinski definition) is 1. The van der Waals surface area contributed by atoms with E-state index in [9.17, 15) is 4.79 Å². The lowest BCUT2D eigenvalue weighted by atomic mass is 9.92. The topological polar surface area (TPSA) is 50.2 Å². The van der Waals surface area contributed by atoms with Gasteiger partial charge in [0.1, 0.15) is 0 Å². The average molecular weight is 440 g/mol. The number of H-pyrrole nitrogens is 1. The van der Waals surface area contributed by atoms with Crippen LogP contribution in [0.25, 0.3) is 38.8 Å². The van der Waals surface area contributed by atoms with Crippen LogP contribution in [0.5, 0.6) is 0 Å². The lowest BCUT2D eigenvalue weighted by Crippen LogP contribution is -2.11. The first-order chi connectivity index (χ1) is 13.8. The zero-order valence-electron chi connectivity index (χ0n) is 16.4. The van der Waals surface area contributed by atoms with Gasteiger partial charge in [0.05, 0.1) is 5.52 Å². The number of rotatable bonds is 2. The number of aromatic nitrogens is 3. The highest BCUT2D eigenvalue weighted by molar-refractivity contribution is 7.12. The number of benzene rings is 1. The summed E-state index contributed by atoms with van der Waals surface area (Å²) in [6, 6.07) is 10.1. The van der Waals surface area contributed by atoms with Crippen molar-refractivity contribution in [3.63, 3.8) is 0 Å². The predicted molar refractivity (Wildman–Crippen MR) is 124 cm³/mol. The van der Waals surface area contributed by atoms with Crippen molar-refractivity contribution >= 4 is 50.8 Å². The molecule has 7 heteroatoms. The van der Waals surface area contributed by atoms with Crippen LogP contribution in [0.4, 0.5) is 0 Å². The lowest BCUT2D eigenvalue weighted by Gasteiger charge is -2.16. The molecular weight excluding hydrogens is 422 g/mol. The summed E-state index contributed by atoms with van der Waals surface area (Å²) in [6.45, 7) is 8.49. The molecule has 29 heavy (non-hydrogen) atoms. The highest BCUT2D eigenvalue weighted by Gasteiger charge is 2.24. The number of pyridine rings is 1. The van der Waals surface area contributed by atoms with Crippen molar-refractivity contribution in [1.82, 2.24) is 14.6 Å². The second kappa shape index (κ2) is 6.55. The standard InChI is InChI=1S/C22H18ClN3OS2/c1-10-7-16(12(3)28-10)19-15-6-5-14(23)9-18(15)26-21(24-25-22(26)27)20(19)17-8-11(2)29-13(17)4/h5-9H,1-4H3,(H,25,27). The van der Waals surface area contributed by atoms with Gasteiger partial charge in [-0.1, -0.05) is 17.7 Å². The van der Waals surface area contributed by atoms with Crippen LogP contribution in [0, 0.1) is 27.7 Å². The minimum atomic E-state index is -0.261. The molecule has 0 saturated carbocycles. The van der Waals surface area contributed by atoms with Gasteiger partial charge in [0.2, 0.25) is 0 Å². The molecule has 0 atom stereocenters. The van der Waals surface area contributed by atoms with Crippen molar-refractivity contribution in [2.24, 2.45) is 0 Å². The molecule has 1 N–H and O–H groups in total. The normalized spacial score (nSPS) is 11.8. The largest absolute Gasteiger partial charge is 0.348 e. The SMILES string of the molecule is Cc1cc(-c2c(-c3cc(C)sc3C)c3n[nH]c(=O)n3c3cc(Cl)ccc23)c(C)s1. The predicted octanol–water partition coefficient (Wildman–Crippen LogP) is 6.52. The molecule has 0 spiro atoms. The molecular formula is C22H18ClN3OS2. The van der Waals surface area contributed by atoms with Crippen molar-refractivity contribution in [2.45, 2.75) is 27.7 Å². The number of aryl methyl sites for hydroxylation is 4. The average Bonchev–Trinajstić information content (AvgIpc) is 3.30. The Kier molecular flexibility index (Phi) is 4.21. The molecule has 4 heterocycles. The molecule has 0 aliphatic carbocycles. The maximum Gasteiger partial charge on any atom is 0.348 e. The van der Waals surface area contributed by atoms with Gasteiger partial charge < -0.3 is 0 Å². The Bertz CT molecular complexity index is 1490. The van der Waals surface area contributed by atoms with Crippen LogP contribution in [-0.2, 0) is 0 Å². The van der Waals surface area contributed by atoms with Crippen LogP contribution in [0.15, 0.2) is 35.1 Å². The Morgan fingerprint density at radius 2 is 1.55 bits per heavy atom. The van der Waals surface area contributed by atoms with Crippen LogP contribution in [0.2, 0.25) is 5.02 Å². The summed E-state index contributed by atoms with van der Waals surface area (Å²) in [4.78, 5) is 17.6. The third kappa shape index (κ3) is 2.78. The molecule has 4 nitrogen and oxygen atoms in total. The minimum absolute atomic E-state index is 0.261. The zero-order valence-corrected chi connectivity index (χ0v) is 18.8. The number of hydrogen-bond acceptors (Lipinski definition) is 4. The second-order valence-electron chi connectivity index (χ2n) is 7.25. The summed E-state index contributed by atoms with van der Waals surface area (Å²) in [7, 11) is 0. The number of aromatic amines is 1. The van der Waals surface area contributed by atoms with E-state index in [4.69, 9.17) is 11.6 Å². The van der Waals surface area contributed by atoms with E-state index in [1.165, 1.54) is 25.1 Å². The molecule has 0 saturated heterocycles. The summed E-state index contributed by atoms with van der Waals surface area (Å²) < 4.78 is 1.64. The van der Waals surface area contributed by atoms with Crippen molar-refractivity contribution in [3.8, 4) is 22.3 Å². The Balaban J connectivity index is 2.10. The van der Waals surface area contributed by atoms with E-state index in [1.807, 2.05) is 18.2 Å². The highest BCUT2D eigenvalue weighted by atomic mass is 35.5. The molecule has 5 aromatic rings. The first kappa shape index (κ1) is 18.6. The van der Waals surface area contributed by atoms with E-state index in [0.717, 1.165) is 27.6 Å². The maximum absolute atomic E-state index is 12.7. The van der Waals surface area contributed by atoms with Gasteiger partial charge >= 0.3 is 5.69 Å². The van der Waals surface area contributed by atoms with Crippen molar-refractivity contribution in [3.05, 3.63) is 65.3 Å². The van der Waals surface area contributed by atoms with Crippen LogP contribution < -0.4 is 5.69 Å². The molecule has 0 amide bonds. The molecule has 0 aliphatic heterocycles. The van der Waals surface area contributed by atoms with Crippen LogP contribution >= 0.6 is 34.3 Å². The molecule has 1 aromatic carbocycles. The Morgan fingerprint density at radius 3 is 2.14 bits per heavy atom. The number of nitrogens with one attached hydrogen (secondary N) is 1. The fourth-order valence-corrected chi connectivity index (χ4v) is 6.16. The summed E-state index contributed by atoms with van der Waals surface area (Å²) in [6.07, 6.45) is 0. The fourth-order valence-electron chi connectivity index (χ4n) is 4.13. The Hall–Kier alpha value is -2.41. The van der Waals surface area contributed by atoms with E-state index < -0.39 is 0 Å². The second-order valence-corrected chi connectivity index (χ2v) is 10.6. The van der Waals surface area contributed by atoms with Crippen LogP contribution in [0.3, 0.4) is 0 Å². The molecule has 4 aromatic heterocycles. The monoisotopic (exact) mass is 439 g/mol. The third-order valence-electron chi connectivity index (χ3n) is 5.24. The number of fused-ring (bicyclic) bond motifs is 3. The third-order valence-corrected chi connectivity index (χ3v) is 7.40. The van der Waals surface area contributed by atoms with Gasteiger partial charge in [-0.2, -0.15) is 5.10 Å². The smallest absolute Gasteiger partial charge is 0.246 e. The van der Waals surface area contributed by atoms with E-state index in [0.29, 0.717) is 10.7 Å². The van der Waals surface area contributed by atoms with Crippen molar-refractivity contribution < 1.29 is 0 Å². The van der Waals surface area contributed by atoms with E-state index in [2.05, 4.69) is 50.0 Å². The van der Waals surface area contributed by atoms with Crippen LogP contribution in [0.1, 0.15) is 19.5 Å². The molecule has 146 valence electrons. The fraction of sp³-hybridized carbons (Fsp3) is 0.182. The minimum Gasteiger partial charge on any atom is -0.246 e. The number of thiophene rings is 2. The highest BCUT2D eigenvalue weighted by Crippen LogP contribution is 2.45. The van der Waals surface area contributed by atoms with Gasteiger partial charge in [0, 0.05) is 41.0 Å². The molecule has 5 rings (SSSR count). The Labute approximate surface area is 180 Å². The van der Waals surface area contributed by atoms with E-state index in [-0.39, 0.29) is 5.69 Å². The Morgan fingerprint density at radius 1 is 0.931 bits per heavy atom. The molecule has 0 radical (unpaired) electrons. The van der Waals surface area contributed by atoms with Gasteiger partial charge in [-0.15, -0.1) is 22.7 Å². The van der Waals surface area contributed by atoms with Crippen molar-refractivity contribution in [1.29, 1.82) is 0 Å². The quantitative estimate of drug-likeness (QED) is 0.340. The molecule has 0 fully saturated rings. The van der Waals surface area contributed by atoms with Gasteiger partial charge in [-0.25, -0.2) is 14.3 Å². The van der Waals surface area contributed by atoms with Crippen LogP contribution in [-0.4, -0.2) is 14.6 Å². The number of halogens is 1. The first-order valence-corrected chi connectivity index (χ1v) is 11.2. The first-order valence-electron chi connectivity index (χ1n) is 9.22. The summed E-state index contributed by atoms with van der Waals surface area (Å²) >= 11 is 9.85. The zero-order chi connectivity index (χ0) is 20.4. The summed E-state index contributed by atoms with van der Waals surface area (Å²) in [5.41, 5.74) is 5.51.